The van der Waals surface area contributed by atoms with Gasteiger partial charge in [-0.2, -0.15) is 10.5 Å². The van der Waals surface area contributed by atoms with Crippen molar-refractivity contribution in [3.05, 3.63) is 23.9 Å². The number of hydrogen-bond acceptors (Lipinski definition) is 6. The number of amides is 1. The van der Waals surface area contributed by atoms with E-state index in [9.17, 15) is 18.8 Å². The molecule has 168 valence electrons. The van der Waals surface area contributed by atoms with Crippen molar-refractivity contribution < 1.29 is 13.6 Å². The Morgan fingerprint density at radius 1 is 1.16 bits per heavy atom. The molecular formula is C23H26F2N6O. The zero-order valence-corrected chi connectivity index (χ0v) is 17.8. The van der Waals surface area contributed by atoms with E-state index < -0.39 is 30.8 Å². The van der Waals surface area contributed by atoms with E-state index in [1.807, 2.05) is 12.1 Å². The lowest BCUT2D eigenvalue weighted by molar-refractivity contribution is -0.132. The second kappa shape index (κ2) is 7.38. The zero-order chi connectivity index (χ0) is 22.6. The fraction of sp³-hybridized carbons (Fsp3) is 0.652. The molecule has 6 rings (SSSR count). The van der Waals surface area contributed by atoms with Crippen molar-refractivity contribution in [2.45, 2.75) is 68.0 Å². The summed E-state index contributed by atoms with van der Waals surface area (Å²) in [5.74, 6) is -1.62. The highest BCUT2D eigenvalue weighted by Crippen LogP contribution is 2.58. The minimum atomic E-state index is -3.00. The normalized spacial score (nSPS) is 36.5. The number of halogens is 2. The van der Waals surface area contributed by atoms with Crippen LogP contribution in [0.5, 0.6) is 0 Å². The predicted octanol–water partition coefficient (Wildman–Crippen LogP) is 2.81. The van der Waals surface area contributed by atoms with Crippen molar-refractivity contribution in [3.8, 4) is 12.1 Å². The van der Waals surface area contributed by atoms with Gasteiger partial charge in [0.2, 0.25) is 5.91 Å². The molecule has 2 heterocycles. The molecular weight excluding hydrogens is 414 g/mol. The van der Waals surface area contributed by atoms with Gasteiger partial charge in [0.05, 0.1) is 24.7 Å². The molecule has 7 nitrogen and oxygen atoms in total. The van der Waals surface area contributed by atoms with E-state index in [4.69, 9.17) is 5.26 Å². The van der Waals surface area contributed by atoms with Crippen LogP contribution in [0.4, 0.5) is 14.6 Å². The maximum Gasteiger partial charge on any atom is 0.268 e. The number of nitrogens with one attached hydrogen (secondary N) is 2. The topological polar surface area (TPSA) is 105 Å². The molecule has 3 atom stereocenters. The fourth-order valence-electron chi connectivity index (χ4n) is 6.98. The molecule has 1 saturated heterocycles. The van der Waals surface area contributed by atoms with E-state index in [1.165, 1.54) is 6.42 Å². The van der Waals surface area contributed by atoms with Crippen LogP contribution < -0.4 is 10.6 Å². The van der Waals surface area contributed by atoms with E-state index in [1.54, 1.807) is 12.3 Å². The number of hydrogen-bond donors (Lipinski definition) is 2. The molecule has 0 aromatic carbocycles. The molecule has 1 aromatic heterocycles. The first-order chi connectivity index (χ1) is 15.2. The van der Waals surface area contributed by atoms with E-state index in [2.05, 4.69) is 21.7 Å². The van der Waals surface area contributed by atoms with E-state index >= 15 is 0 Å². The van der Waals surface area contributed by atoms with Gasteiger partial charge >= 0.3 is 0 Å². The summed E-state index contributed by atoms with van der Waals surface area (Å²) in [7, 11) is 0. The van der Waals surface area contributed by atoms with Crippen LogP contribution in [0.25, 0.3) is 0 Å². The van der Waals surface area contributed by atoms with E-state index in [-0.39, 0.29) is 17.6 Å². The molecule has 0 spiro atoms. The van der Waals surface area contributed by atoms with Gasteiger partial charge in [0.15, 0.2) is 0 Å². The molecule has 32 heavy (non-hydrogen) atoms. The summed E-state index contributed by atoms with van der Waals surface area (Å²) in [5.41, 5.74) is 0.168. The van der Waals surface area contributed by atoms with Crippen LogP contribution in [0.15, 0.2) is 18.3 Å². The van der Waals surface area contributed by atoms with Gasteiger partial charge < -0.3 is 15.5 Å². The Morgan fingerprint density at radius 2 is 1.88 bits per heavy atom. The third-order valence-corrected chi connectivity index (χ3v) is 7.70. The molecule has 1 aromatic rings. The zero-order valence-electron chi connectivity index (χ0n) is 17.8. The van der Waals surface area contributed by atoms with Gasteiger partial charge in [-0.05, 0) is 62.5 Å². The van der Waals surface area contributed by atoms with Crippen molar-refractivity contribution in [1.82, 2.24) is 15.2 Å². The third-order valence-electron chi connectivity index (χ3n) is 7.70. The average Bonchev–Trinajstić information content (AvgIpc) is 3.06. The number of anilines is 1. The van der Waals surface area contributed by atoms with Crippen molar-refractivity contribution >= 4 is 11.7 Å². The number of nitrogens with zero attached hydrogens (tertiary/aromatic N) is 4. The highest BCUT2D eigenvalue weighted by atomic mass is 19.3. The summed E-state index contributed by atoms with van der Waals surface area (Å²) in [4.78, 5) is 18.2. The molecule has 0 radical (unpaired) electrons. The van der Waals surface area contributed by atoms with Gasteiger partial charge in [-0.1, -0.05) is 0 Å². The molecule has 5 fully saturated rings. The number of carbonyl (C=O) groups excluding carboxylic acids is 1. The third kappa shape index (κ3) is 3.80. The predicted molar refractivity (Wildman–Crippen MR) is 111 cm³/mol. The number of pyridine rings is 1. The van der Waals surface area contributed by atoms with Crippen LogP contribution >= 0.6 is 0 Å². The van der Waals surface area contributed by atoms with Crippen LogP contribution in [-0.2, 0) is 4.79 Å². The Bertz CT molecular complexity index is 983. The van der Waals surface area contributed by atoms with Crippen LogP contribution in [-0.4, -0.2) is 51.9 Å². The number of rotatable bonds is 5. The minimum Gasteiger partial charge on any atom is -0.365 e. The molecule has 5 aliphatic rings. The standard InChI is InChI=1S/C23H26F2N6O/c24-23(25)8-18(10-27)31(14-23)20(32)12-29-21-4-16-3-17(5-21)7-22(6-16,13-21)30-19-2-1-15(9-26)11-28-19/h1-2,11,16-18,29H,3-8,12-14H2,(H,28,30)/t16?,17?,18-,21?,22?/m0/s1. The van der Waals surface area contributed by atoms with Gasteiger partial charge in [0.1, 0.15) is 17.9 Å². The van der Waals surface area contributed by atoms with E-state index in [0.29, 0.717) is 17.4 Å². The summed E-state index contributed by atoms with van der Waals surface area (Å²) >= 11 is 0. The monoisotopic (exact) mass is 440 g/mol. The first kappa shape index (κ1) is 21.1. The molecule has 2 N–H and O–H groups in total. The molecule has 2 unspecified atom stereocenters. The quantitative estimate of drug-likeness (QED) is 0.730. The van der Waals surface area contributed by atoms with Gasteiger partial charge in [0.25, 0.3) is 5.92 Å². The Labute approximate surface area is 185 Å². The highest BCUT2D eigenvalue weighted by Gasteiger charge is 2.58. The largest absolute Gasteiger partial charge is 0.365 e. The average molecular weight is 440 g/mol. The lowest BCUT2D eigenvalue weighted by Crippen LogP contribution is -2.67. The Balaban J connectivity index is 1.29. The first-order valence-corrected chi connectivity index (χ1v) is 11.2. The number of likely N-dealkylation sites (tertiary alicyclic amines) is 1. The Hall–Kier alpha value is -2.78. The second-order valence-electron chi connectivity index (χ2n) is 10.3. The molecule has 4 bridgehead atoms. The summed E-state index contributed by atoms with van der Waals surface area (Å²) in [5, 5.41) is 25.3. The van der Waals surface area contributed by atoms with Crippen molar-refractivity contribution in [1.29, 1.82) is 10.5 Å². The molecule has 9 heteroatoms. The van der Waals surface area contributed by atoms with Crippen molar-refractivity contribution in [2.24, 2.45) is 11.8 Å². The van der Waals surface area contributed by atoms with Gasteiger partial charge in [-0.3, -0.25) is 4.79 Å². The minimum absolute atomic E-state index is 0.0289. The maximum atomic E-state index is 13.8. The summed E-state index contributed by atoms with van der Waals surface area (Å²) in [6, 6.07) is 6.44. The number of alkyl halides is 2. The summed E-state index contributed by atoms with van der Waals surface area (Å²) in [6.45, 7) is -0.710. The van der Waals surface area contributed by atoms with Crippen LogP contribution in [0.1, 0.15) is 50.5 Å². The fourth-order valence-corrected chi connectivity index (χ4v) is 6.98. The summed E-state index contributed by atoms with van der Waals surface area (Å²) < 4.78 is 27.5. The van der Waals surface area contributed by atoms with Crippen LogP contribution in [0.3, 0.4) is 0 Å². The highest BCUT2D eigenvalue weighted by molar-refractivity contribution is 5.79. The Morgan fingerprint density at radius 3 is 2.50 bits per heavy atom. The second-order valence-corrected chi connectivity index (χ2v) is 10.3. The van der Waals surface area contributed by atoms with E-state index in [0.717, 1.165) is 42.8 Å². The van der Waals surface area contributed by atoms with Gasteiger partial charge in [-0.25, -0.2) is 13.8 Å². The lowest BCUT2D eigenvalue weighted by Gasteiger charge is -2.62. The van der Waals surface area contributed by atoms with Gasteiger partial charge in [0, 0.05) is 23.7 Å². The summed E-state index contributed by atoms with van der Waals surface area (Å²) in [6.07, 6.45) is 7.00. The molecule has 1 aliphatic heterocycles. The SMILES string of the molecule is N#Cc1ccc(NC23CC4CC(CC(NCC(=O)N5CC(F)(F)C[C@H]5C#N)(C4)C2)C3)nc1. The smallest absolute Gasteiger partial charge is 0.268 e. The lowest BCUT2D eigenvalue weighted by atomic mass is 9.50. The maximum absolute atomic E-state index is 13.8. The van der Waals surface area contributed by atoms with Crippen LogP contribution in [0, 0.1) is 34.5 Å². The first-order valence-electron chi connectivity index (χ1n) is 11.2. The Kier molecular flexibility index (Phi) is 4.86. The molecule has 4 saturated carbocycles. The number of aromatic nitrogens is 1. The van der Waals surface area contributed by atoms with Crippen molar-refractivity contribution in [3.63, 3.8) is 0 Å². The molecule has 1 amide bonds. The van der Waals surface area contributed by atoms with Gasteiger partial charge in [-0.15, -0.1) is 0 Å². The molecule has 4 aliphatic carbocycles. The van der Waals surface area contributed by atoms with Crippen molar-refractivity contribution in [2.75, 3.05) is 18.4 Å². The number of nitriles is 2. The number of carbonyl (C=O) groups is 1. The van der Waals surface area contributed by atoms with Crippen LogP contribution in [0.2, 0.25) is 0 Å².